The van der Waals surface area contributed by atoms with Crippen molar-refractivity contribution in [2.24, 2.45) is 0 Å². The summed E-state index contributed by atoms with van der Waals surface area (Å²) in [4.78, 5) is 20.5. The smallest absolute Gasteiger partial charge is 0.416 e. The van der Waals surface area contributed by atoms with E-state index < -0.39 is 30.5 Å². The van der Waals surface area contributed by atoms with Crippen LogP contribution in [0, 0.1) is 0 Å². The fourth-order valence-corrected chi connectivity index (χ4v) is 3.30. The Morgan fingerprint density at radius 3 is 2.53 bits per heavy atom. The number of anilines is 1. The number of carbonyl (C=O) groups is 1. The number of hydrogen-bond donors (Lipinski definition) is 2. The first-order valence-electron chi connectivity index (χ1n) is 10.3. The van der Waals surface area contributed by atoms with Crippen molar-refractivity contribution in [1.29, 1.82) is 0 Å². The Kier molecular flexibility index (Phi) is 6.84. The Bertz CT molecular complexity index is 1380. The first-order chi connectivity index (χ1) is 17.0. The van der Waals surface area contributed by atoms with Gasteiger partial charge < -0.3 is 15.4 Å². The lowest BCUT2D eigenvalue weighted by Crippen LogP contribution is -2.28. The van der Waals surface area contributed by atoms with Crippen LogP contribution in [0.3, 0.4) is 0 Å². The van der Waals surface area contributed by atoms with Crippen molar-refractivity contribution in [3.63, 3.8) is 0 Å². The van der Waals surface area contributed by atoms with E-state index in [2.05, 4.69) is 20.6 Å². The Hall–Kier alpha value is -4.13. The largest absolute Gasteiger partial charge is 0.439 e. The Morgan fingerprint density at radius 1 is 0.972 bits per heavy atom. The van der Waals surface area contributed by atoms with E-state index in [1.165, 1.54) is 29.0 Å². The molecule has 0 radical (unpaired) electrons. The third kappa shape index (κ3) is 6.30. The van der Waals surface area contributed by atoms with Crippen LogP contribution in [0.15, 0.2) is 67.1 Å². The molecule has 2 heterocycles. The summed E-state index contributed by atoms with van der Waals surface area (Å²) in [5.41, 5.74) is -0.140. The molecule has 13 heteroatoms. The van der Waals surface area contributed by atoms with Crippen LogP contribution < -0.4 is 15.4 Å². The predicted octanol–water partition coefficient (Wildman–Crippen LogP) is 5.97. The van der Waals surface area contributed by atoms with E-state index in [9.17, 15) is 31.1 Å². The molecule has 2 aromatic heterocycles. The van der Waals surface area contributed by atoms with E-state index in [0.717, 1.165) is 18.5 Å². The van der Waals surface area contributed by atoms with Gasteiger partial charge in [-0.3, -0.25) is 4.57 Å². The number of fused-ring (bicyclic) bond motifs is 1. The molecule has 188 valence electrons. The van der Waals surface area contributed by atoms with Crippen LogP contribution in [0.1, 0.15) is 11.3 Å². The molecule has 36 heavy (non-hydrogen) atoms. The number of rotatable bonds is 6. The minimum absolute atomic E-state index is 0.0130. The molecule has 7 nitrogen and oxygen atoms in total. The zero-order valence-corrected chi connectivity index (χ0v) is 18.2. The van der Waals surface area contributed by atoms with Gasteiger partial charge in [0.2, 0.25) is 5.88 Å². The van der Waals surface area contributed by atoms with Crippen molar-refractivity contribution in [2.45, 2.75) is 18.9 Å². The summed E-state index contributed by atoms with van der Waals surface area (Å²) in [6, 6.07) is 11.3. The van der Waals surface area contributed by atoms with Gasteiger partial charge in [0.1, 0.15) is 12.1 Å². The standard InChI is InChI=1S/C23H17F6N5O2/c24-22(25,26)12-30-11-17-10-20(32-13-31-17)36-18-4-5-19-14(8-18)6-7-34(19)21(35)33-16-3-1-2-15(9-16)23(27,28)29/h1-10,13,30H,11-12H2,(H,33,35). The molecule has 1 amide bonds. The van der Waals surface area contributed by atoms with Crippen LogP contribution in [-0.4, -0.2) is 33.3 Å². The lowest BCUT2D eigenvalue weighted by atomic mass is 10.2. The van der Waals surface area contributed by atoms with Gasteiger partial charge in [-0.15, -0.1) is 0 Å². The summed E-state index contributed by atoms with van der Waals surface area (Å²) < 4.78 is 82.5. The molecule has 0 spiro atoms. The second-order valence-electron chi connectivity index (χ2n) is 7.58. The van der Waals surface area contributed by atoms with E-state index >= 15 is 0 Å². The van der Waals surface area contributed by atoms with Crippen LogP contribution in [0.4, 0.5) is 36.8 Å². The lowest BCUT2D eigenvalue weighted by Gasteiger charge is -2.11. The van der Waals surface area contributed by atoms with Crippen LogP contribution in [0.25, 0.3) is 10.9 Å². The molecule has 4 aromatic rings. The highest BCUT2D eigenvalue weighted by Gasteiger charge is 2.30. The number of hydrogen-bond acceptors (Lipinski definition) is 5. The minimum atomic E-state index is -4.54. The second-order valence-corrected chi connectivity index (χ2v) is 7.58. The molecule has 0 bridgehead atoms. The zero-order chi connectivity index (χ0) is 25.9. The van der Waals surface area contributed by atoms with E-state index in [1.807, 2.05) is 0 Å². The highest BCUT2D eigenvalue weighted by atomic mass is 19.4. The maximum Gasteiger partial charge on any atom is 0.416 e. The predicted molar refractivity (Wildman–Crippen MR) is 118 cm³/mol. The number of ether oxygens (including phenoxy) is 1. The Labute approximate surface area is 199 Å². The second kappa shape index (κ2) is 9.85. The van der Waals surface area contributed by atoms with E-state index in [-0.39, 0.29) is 18.1 Å². The van der Waals surface area contributed by atoms with Crippen molar-refractivity contribution in [2.75, 3.05) is 11.9 Å². The number of halogens is 6. The summed E-state index contributed by atoms with van der Waals surface area (Å²) in [5.74, 6) is 0.446. The SMILES string of the molecule is O=C(Nc1cccc(C(F)(F)F)c1)n1ccc2cc(Oc3cc(CNCC(F)(F)F)ncn3)ccc21. The molecular formula is C23H17F6N5O2. The van der Waals surface area contributed by atoms with E-state index in [4.69, 9.17) is 4.74 Å². The van der Waals surface area contributed by atoms with Gasteiger partial charge in [0, 0.05) is 29.9 Å². The number of nitrogens with zero attached hydrogens (tertiary/aromatic N) is 3. The number of alkyl halides is 6. The first kappa shape index (κ1) is 25.0. The molecular weight excluding hydrogens is 492 g/mol. The summed E-state index contributed by atoms with van der Waals surface area (Å²) in [6.45, 7) is -1.30. The topological polar surface area (TPSA) is 81.1 Å². The quantitative estimate of drug-likeness (QED) is 0.313. The van der Waals surface area contributed by atoms with Gasteiger partial charge in [0.15, 0.2) is 0 Å². The summed E-state index contributed by atoms with van der Waals surface area (Å²) in [6.07, 6.45) is -6.27. The van der Waals surface area contributed by atoms with E-state index in [1.54, 1.807) is 24.3 Å². The van der Waals surface area contributed by atoms with Gasteiger partial charge in [0.25, 0.3) is 0 Å². The number of amides is 1. The summed E-state index contributed by atoms with van der Waals surface area (Å²) in [5, 5.41) is 5.26. The fourth-order valence-electron chi connectivity index (χ4n) is 3.30. The molecule has 2 aromatic carbocycles. The van der Waals surface area contributed by atoms with Gasteiger partial charge in [-0.05, 0) is 42.5 Å². The Morgan fingerprint density at radius 2 is 1.78 bits per heavy atom. The van der Waals surface area contributed by atoms with Gasteiger partial charge in [-0.1, -0.05) is 6.07 Å². The maximum atomic E-state index is 12.9. The number of benzene rings is 2. The van der Waals surface area contributed by atoms with Crippen LogP contribution in [-0.2, 0) is 12.7 Å². The molecule has 2 N–H and O–H groups in total. The van der Waals surface area contributed by atoms with Crippen molar-refractivity contribution in [1.82, 2.24) is 19.9 Å². The molecule has 0 saturated carbocycles. The zero-order valence-electron chi connectivity index (χ0n) is 18.2. The summed E-state index contributed by atoms with van der Waals surface area (Å²) >= 11 is 0. The lowest BCUT2D eigenvalue weighted by molar-refractivity contribution is -0.137. The summed E-state index contributed by atoms with van der Waals surface area (Å²) in [7, 11) is 0. The maximum absolute atomic E-state index is 12.9. The Balaban J connectivity index is 1.45. The monoisotopic (exact) mass is 509 g/mol. The molecule has 0 aliphatic rings. The molecule has 0 fully saturated rings. The average molecular weight is 509 g/mol. The van der Waals surface area contributed by atoms with Crippen molar-refractivity contribution in [3.8, 4) is 11.6 Å². The van der Waals surface area contributed by atoms with Gasteiger partial charge in [-0.25, -0.2) is 14.8 Å². The molecule has 0 aliphatic carbocycles. The fraction of sp³-hybridized carbons (Fsp3) is 0.174. The van der Waals surface area contributed by atoms with Gasteiger partial charge in [0.05, 0.1) is 23.3 Å². The molecule has 0 aliphatic heterocycles. The third-order valence-corrected chi connectivity index (χ3v) is 4.87. The number of nitrogens with one attached hydrogen (secondary N) is 2. The first-order valence-corrected chi connectivity index (χ1v) is 10.3. The third-order valence-electron chi connectivity index (χ3n) is 4.87. The minimum Gasteiger partial charge on any atom is -0.439 e. The van der Waals surface area contributed by atoms with Crippen LogP contribution in [0.5, 0.6) is 11.6 Å². The van der Waals surface area contributed by atoms with Crippen molar-refractivity contribution < 1.29 is 35.9 Å². The average Bonchev–Trinajstić information content (AvgIpc) is 3.22. The highest BCUT2D eigenvalue weighted by molar-refractivity contribution is 5.98. The van der Waals surface area contributed by atoms with Gasteiger partial charge >= 0.3 is 18.4 Å². The number of carbonyl (C=O) groups excluding carboxylic acids is 1. The van der Waals surface area contributed by atoms with Crippen molar-refractivity contribution >= 4 is 22.6 Å². The van der Waals surface area contributed by atoms with Crippen LogP contribution in [0.2, 0.25) is 0 Å². The number of aromatic nitrogens is 3. The molecule has 0 saturated heterocycles. The highest BCUT2D eigenvalue weighted by Crippen LogP contribution is 2.31. The molecule has 0 atom stereocenters. The molecule has 4 rings (SSSR count). The van der Waals surface area contributed by atoms with E-state index in [0.29, 0.717) is 22.3 Å². The normalized spacial score (nSPS) is 12.1. The van der Waals surface area contributed by atoms with Gasteiger partial charge in [-0.2, -0.15) is 26.3 Å². The van der Waals surface area contributed by atoms with Crippen LogP contribution >= 0.6 is 0 Å². The van der Waals surface area contributed by atoms with Crippen molar-refractivity contribution in [3.05, 3.63) is 78.4 Å². The molecule has 0 unspecified atom stereocenters.